The second-order valence-corrected chi connectivity index (χ2v) is 4.68. The predicted molar refractivity (Wildman–Crippen MR) is 88.1 cm³/mol. The number of benzene rings is 2. The van der Waals surface area contributed by atoms with Crippen LogP contribution >= 0.6 is 12.4 Å². The average Bonchev–Trinajstić information content (AvgIpc) is 2.50. The van der Waals surface area contributed by atoms with Crippen LogP contribution in [0.3, 0.4) is 0 Å². The highest BCUT2D eigenvalue weighted by Crippen LogP contribution is 2.21. The Hall–Kier alpha value is -1.78. The molecule has 2 rings (SSSR count). The van der Waals surface area contributed by atoms with Crippen LogP contribution in [-0.4, -0.2) is 26.6 Å². The van der Waals surface area contributed by atoms with Gasteiger partial charge in [-0.1, -0.05) is 18.2 Å². The molecule has 0 aliphatic heterocycles. The highest BCUT2D eigenvalue weighted by Gasteiger charge is 2.02. The van der Waals surface area contributed by atoms with E-state index in [0.29, 0.717) is 19.5 Å². The molecule has 0 bridgehead atoms. The molecule has 2 N–H and O–H groups in total. The van der Waals surface area contributed by atoms with Gasteiger partial charge in [0.25, 0.3) is 0 Å². The zero-order chi connectivity index (χ0) is 14.4. The maximum atomic E-state index is 11.6. The first-order valence-electron chi connectivity index (χ1n) is 6.71. The van der Waals surface area contributed by atoms with Crippen molar-refractivity contribution < 1.29 is 9.53 Å². The topological polar surface area (TPSA) is 50.4 Å². The van der Waals surface area contributed by atoms with Crippen LogP contribution < -0.4 is 15.4 Å². The summed E-state index contributed by atoms with van der Waals surface area (Å²) in [5.41, 5.74) is 1.10. The van der Waals surface area contributed by atoms with Gasteiger partial charge in [0.1, 0.15) is 5.75 Å². The van der Waals surface area contributed by atoms with Crippen LogP contribution in [-0.2, 0) is 11.3 Å². The molecular formula is C16H21ClN2O2. The number of halogens is 1. The highest BCUT2D eigenvalue weighted by atomic mass is 35.5. The van der Waals surface area contributed by atoms with Crippen molar-refractivity contribution in [2.24, 2.45) is 0 Å². The molecule has 0 saturated heterocycles. The second-order valence-electron chi connectivity index (χ2n) is 4.68. The van der Waals surface area contributed by atoms with Gasteiger partial charge >= 0.3 is 0 Å². The molecule has 0 fully saturated rings. The number of nitrogens with one attached hydrogen (secondary N) is 2. The molecule has 0 radical (unpaired) electrons. The zero-order valence-electron chi connectivity index (χ0n) is 12.3. The summed E-state index contributed by atoms with van der Waals surface area (Å²) in [5, 5.41) is 8.16. The molecule has 0 heterocycles. The second kappa shape index (κ2) is 8.49. The third-order valence-corrected chi connectivity index (χ3v) is 3.20. The van der Waals surface area contributed by atoms with Gasteiger partial charge in [0.2, 0.25) is 5.91 Å². The standard InChI is InChI=1S/C16H20N2O2.ClH/c1-17-8-7-16(19)18-11-12-3-4-14-10-15(20-2)6-5-13(14)9-12;/h3-6,9-10,17H,7-8,11H2,1-2H3,(H,18,19);1H. The lowest BCUT2D eigenvalue weighted by molar-refractivity contribution is -0.121. The minimum Gasteiger partial charge on any atom is -0.497 e. The fraction of sp³-hybridized carbons (Fsp3) is 0.312. The fourth-order valence-electron chi connectivity index (χ4n) is 2.04. The number of amides is 1. The summed E-state index contributed by atoms with van der Waals surface area (Å²) in [6, 6.07) is 12.1. The summed E-state index contributed by atoms with van der Waals surface area (Å²) in [4.78, 5) is 11.6. The third kappa shape index (κ3) is 4.92. The van der Waals surface area contributed by atoms with Crippen molar-refractivity contribution in [3.8, 4) is 5.75 Å². The maximum Gasteiger partial charge on any atom is 0.221 e. The van der Waals surface area contributed by atoms with Crippen molar-refractivity contribution in [1.82, 2.24) is 10.6 Å². The molecule has 0 spiro atoms. The van der Waals surface area contributed by atoms with Gasteiger partial charge in [0, 0.05) is 19.5 Å². The molecule has 0 aliphatic rings. The molecule has 0 aromatic heterocycles. The van der Waals surface area contributed by atoms with Crippen LogP contribution in [0, 0.1) is 0 Å². The van der Waals surface area contributed by atoms with Crippen LogP contribution in [0.15, 0.2) is 36.4 Å². The van der Waals surface area contributed by atoms with Crippen LogP contribution in [0.2, 0.25) is 0 Å². The Labute approximate surface area is 131 Å². The van der Waals surface area contributed by atoms with Crippen LogP contribution in [0.1, 0.15) is 12.0 Å². The van der Waals surface area contributed by atoms with Crippen LogP contribution in [0.25, 0.3) is 10.8 Å². The molecular weight excluding hydrogens is 288 g/mol. The summed E-state index contributed by atoms with van der Waals surface area (Å²) in [5.74, 6) is 0.916. The Kier molecular flexibility index (Phi) is 6.99. The van der Waals surface area contributed by atoms with Crippen LogP contribution in [0.4, 0.5) is 0 Å². The predicted octanol–water partition coefficient (Wildman–Crippen LogP) is 2.50. The van der Waals surface area contributed by atoms with E-state index < -0.39 is 0 Å². The number of hydrogen-bond donors (Lipinski definition) is 2. The van der Waals surface area contributed by atoms with E-state index in [4.69, 9.17) is 4.74 Å². The number of rotatable bonds is 6. The average molecular weight is 309 g/mol. The lowest BCUT2D eigenvalue weighted by atomic mass is 10.1. The normalized spacial score (nSPS) is 10.0. The molecule has 0 aliphatic carbocycles. The van der Waals surface area contributed by atoms with Crippen molar-refractivity contribution >= 4 is 29.1 Å². The van der Waals surface area contributed by atoms with Gasteiger partial charge in [-0.05, 0) is 41.6 Å². The van der Waals surface area contributed by atoms with Crippen molar-refractivity contribution in [3.63, 3.8) is 0 Å². The molecule has 0 atom stereocenters. The van der Waals surface area contributed by atoms with Crippen LogP contribution in [0.5, 0.6) is 5.75 Å². The number of carbonyl (C=O) groups is 1. The fourth-order valence-corrected chi connectivity index (χ4v) is 2.04. The molecule has 4 nitrogen and oxygen atoms in total. The highest BCUT2D eigenvalue weighted by molar-refractivity contribution is 5.85. The van der Waals surface area contributed by atoms with Gasteiger partial charge in [-0.25, -0.2) is 0 Å². The first-order chi connectivity index (χ1) is 9.72. The van der Waals surface area contributed by atoms with E-state index in [-0.39, 0.29) is 18.3 Å². The summed E-state index contributed by atoms with van der Waals surface area (Å²) in [6.45, 7) is 1.26. The van der Waals surface area contributed by atoms with Gasteiger partial charge in [-0.2, -0.15) is 0 Å². The third-order valence-electron chi connectivity index (χ3n) is 3.20. The maximum absolute atomic E-state index is 11.6. The van der Waals surface area contributed by atoms with Gasteiger partial charge in [-0.3, -0.25) is 4.79 Å². The molecule has 1 amide bonds. The molecule has 0 unspecified atom stereocenters. The van der Waals surface area contributed by atoms with E-state index in [0.717, 1.165) is 22.1 Å². The van der Waals surface area contributed by atoms with E-state index in [1.165, 1.54) is 0 Å². The zero-order valence-corrected chi connectivity index (χ0v) is 13.1. The smallest absolute Gasteiger partial charge is 0.221 e. The van der Waals surface area contributed by atoms with E-state index in [1.54, 1.807) is 7.11 Å². The minimum atomic E-state index is 0. The van der Waals surface area contributed by atoms with E-state index in [9.17, 15) is 4.79 Å². The first-order valence-corrected chi connectivity index (χ1v) is 6.71. The van der Waals surface area contributed by atoms with E-state index in [2.05, 4.69) is 16.7 Å². The van der Waals surface area contributed by atoms with Crippen molar-refractivity contribution in [2.45, 2.75) is 13.0 Å². The molecule has 21 heavy (non-hydrogen) atoms. The lowest BCUT2D eigenvalue weighted by Gasteiger charge is -2.07. The quantitative estimate of drug-likeness (QED) is 0.862. The molecule has 2 aromatic carbocycles. The van der Waals surface area contributed by atoms with Gasteiger partial charge < -0.3 is 15.4 Å². The summed E-state index contributed by atoms with van der Waals surface area (Å²) in [7, 11) is 3.50. The minimum absolute atomic E-state index is 0. The summed E-state index contributed by atoms with van der Waals surface area (Å²) >= 11 is 0. The van der Waals surface area contributed by atoms with Gasteiger partial charge in [0.15, 0.2) is 0 Å². The van der Waals surface area contributed by atoms with Crippen molar-refractivity contribution in [2.75, 3.05) is 20.7 Å². The first kappa shape index (κ1) is 17.3. The molecule has 5 heteroatoms. The number of methoxy groups -OCH3 is 1. The Bertz CT molecular complexity index is 602. The van der Waals surface area contributed by atoms with E-state index in [1.807, 2.05) is 37.4 Å². The Morgan fingerprint density at radius 3 is 2.57 bits per heavy atom. The monoisotopic (exact) mass is 308 g/mol. The number of ether oxygens (including phenoxy) is 1. The summed E-state index contributed by atoms with van der Waals surface area (Å²) in [6.07, 6.45) is 0.501. The molecule has 0 saturated carbocycles. The van der Waals surface area contributed by atoms with Crippen molar-refractivity contribution in [3.05, 3.63) is 42.0 Å². The van der Waals surface area contributed by atoms with Gasteiger partial charge in [-0.15, -0.1) is 12.4 Å². The SMILES string of the molecule is CNCCC(=O)NCc1ccc2cc(OC)ccc2c1.Cl. The van der Waals surface area contributed by atoms with Gasteiger partial charge in [0.05, 0.1) is 7.11 Å². The molecule has 114 valence electrons. The van der Waals surface area contributed by atoms with Crippen molar-refractivity contribution in [1.29, 1.82) is 0 Å². The largest absolute Gasteiger partial charge is 0.497 e. The Morgan fingerprint density at radius 2 is 1.86 bits per heavy atom. The number of carbonyl (C=O) groups excluding carboxylic acids is 1. The number of hydrogen-bond acceptors (Lipinski definition) is 3. The number of fused-ring (bicyclic) bond motifs is 1. The lowest BCUT2D eigenvalue weighted by Crippen LogP contribution is -2.26. The Morgan fingerprint density at radius 1 is 1.14 bits per heavy atom. The summed E-state index contributed by atoms with van der Waals surface area (Å²) < 4.78 is 5.21. The van der Waals surface area contributed by atoms with E-state index >= 15 is 0 Å². The molecule has 2 aromatic rings. The Balaban J connectivity index is 0.00000220.